The van der Waals surface area contributed by atoms with Crippen LogP contribution in [0.5, 0.6) is 17.2 Å². The molecule has 1 fully saturated rings. The van der Waals surface area contributed by atoms with Crippen LogP contribution in [0, 0.1) is 0 Å². The number of carbonyl (C=O) groups excluding carboxylic acids is 1. The molecule has 0 unspecified atom stereocenters. The number of carbonyl (C=O) groups is 1. The molecule has 0 aromatic heterocycles. The molecule has 2 aliphatic heterocycles. The van der Waals surface area contributed by atoms with Crippen molar-refractivity contribution in [3.05, 3.63) is 53.1 Å². The molecule has 0 aliphatic carbocycles. The van der Waals surface area contributed by atoms with Crippen molar-refractivity contribution >= 4 is 17.5 Å². The van der Waals surface area contributed by atoms with Crippen molar-refractivity contribution in [2.24, 2.45) is 0 Å². The first kappa shape index (κ1) is 17.9. The molecule has 1 N–H and O–H groups in total. The molecule has 1 amide bonds. The van der Waals surface area contributed by atoms with E-state index in [0.717, 1.165) is 44.2 Å². The summed E-state index contributed by atoms with van der Waals surface area (Å²) in [6, 6.07) is 13.1. The third kappa shape index (κ3) is 4.46. The summed E-state index contributed by atoms with van der Waals surface area (Å²) in [6.45, 7) is 4.58. The molecular formula is C20H22ClN2O4+. The van der Waals surface area contributed by atoms with Crippen LogP contribution >= 0.6 is 11.6 Å². The Morgan fingerprint density at radius 2 is 1.81 bits per heavy atom. The number of hydrogen-bond acceptors (Lipinski definition) is 4. The lowest BCUT2D eigenvalue weighted by Gasteiger charge is -2.32. The molecule has 7 heteroatoms. The first-order chi connectivity index (χ1) is 13.2. The van der Waals surface area contributed by atoms with E-state index in [4.69, 9.17) is 25.8 Å². The summed E-state index contributed by atoms with van der Waals surface area (Å²) < 4.78 is 16.4. The highest BCUT2D eigenvalue weighted by Crippen LogP contribution is 2.32. The fourth-order valence-electron chi connectivity index (χ4n) is 3.36. The molecule has 1 saturated heterocycles. The van der Waals surface area contributed by atoms with Gasteiger partial charge in [-0.05, 0) is 42.5 Å². The van der Waals surface area contributed by atoms with E-state index in [1.807, 2.05) is 17.0 Å². The number of nitrogens with zero attached hydrogens (tertiary/aromatic N) is 1. The van der Waals surface area contributed by atoms with Gasteiger partial charge in [-0.3, -0.25) is 4.79 Å². The summed E-state index contributed by atoms with van der Waals surface area (Å²) in [7, 11) is 0. The molecule has 2 aromatic carbocycles. The summed E-state index contributed by atoms with van der Waals surface area (Å²) in [6.07, 6.45) is 0. The highest BCUT2D eigenvalue weighted by molar-refractivity contribution is 6.30. The Balaban J connectivity index is 1.23. The summed E-state index contributed by atoms with van der Waals surface area (Å²) in [5, 5.41) is 0.648. The minimum absolute atomic E-state index is 0.0204. The predicted octanol–water partition coefficient (Wildman–Crippen LogP) is 1.37. The molecule has 0 saturated carbocycles. The van der Waals surface area contributed by atoms with Gasteiger partial charge in [0.1, 0.15) is 12.3 Å². The van der Waals surface area contributed by atoms with Crippen LogP contribution in [0.3, 0.4) is 0 Å². The van der Waals surface area contributed by atoms with Crippen molar-refractivity contribution in [3.63, 3.8) is 0 Å². The molecule has 27 heavy (non-hydrogen) atoms. The Morgan fingerprint density at radius 3 is 2.59 bits per heavy atom. The van der Waals surface area contributed by atoms with Gasteiger partial charge in [0, 0.05) is 10.6 Å². The van der Waals surface area contributed by atoms with E-state index < -0.39 is 0 Å². The predicted molar refractivity (Wildman–Crippen MR) is 100 cm³/mol. The average Bonchev–Trinajstić information content (AvgIpc) is 3.16. The molecule has 2 heterocycles. The maximum atomic E-state index is 12.4. The van der Waals surface area contributed by atoms with Gasteiger partial charge in [0.25, 0.3) is 5.91 Å². The number of halogens is 1. The summed E-state index contributed by atoms with van der Waals surface area (Å²) >= 11 is 5.85. The Hall–Kier alpha value is -2.44. The van der Waals surface area contributed by atoms with Crippen molar-refractivity contribution in [1.29, 1.82) is 0 Å². The molecule has 6 nitrogen and oxygen atoms in total. The zero-order valence-electron chi connectivity index (χ0n) is 14.9. The lowest BCUT2D eigenvalue weighted by atomic mass is 10.1. The minimum Gasteiger partial charge on any atom is -0.484 e. The molecule has 2 aromatic rings. The van der Waals surface area contributed by atoms with Crippen LogP contribution in [-0.4, -0.2) is 50.4 Å². The monoisotopic (exact) mass is 389 g/mol. The molecule has 0 radical (unpaired) electrons. The standard InChI is InChI=1S/C20H21ClN2O4/c21-16-2-4-17(5-3-16)25-13-20(24)23-9-7-22(8-10-23)12-15-1-6-18-19(11-15)27-14-26-18/h1-6,11H,7-10,12-14H2/p+1. The molecule has 142 valence electrons. The van der Waals surface area contributed by atoms with Gasteiger partial charge in [-0.2, -0.15) is 0 Å². The highest BCUT2D eigenvalue weighted by atomic mass is 35.5. The lowest BCUT2D eigenvalue weighted by Crippen LogP contribution is -3.13. The van der Waals surface area contributed by atoms with Crippen molar-refractivity contribution < 1.29 is 23.9 Å². The number of fused-ring (bicyclic) bond motifs is 1. The summed E-state index contributed by atoms with van der Waals surface area (Å²) in [5.74, 6) is 2.30. The van der Waals surface area contributed by atoms with Crippen LogP contribution in [0.2, 0.25) is 5.02 Å². The van der Waals surface area contributed by atoms with Crippen LogP contribution in [0.4, 0.5) is 0 Å². The number of hydrogen-bond donors (Lipinski definition) is 1. The van der Waals surface area contributed by atoms with E-state index in [1.165, 1.54) is 10.5 Å². The van der Waals surface area contributed by atoms with Crippen LogP contribution in [0.1, 0.15) is 5.56 Å². The number of rotatable bonds is 5. The van der Waals surface area contributed by atoms with E-state index in [-0.39, 0.29) is 12.5 Å². The Labute approximate surface area is 163 Å². The maximum absolute atomic E-state index is 12.4. The van der Waals surface area contributed by atoms with E-state index >= 15 is 0 Å². The number of piperazine rings is 1. The number of quaternary nitrogens is 1. The zero-order chi connectivity index (χ0) is 18.6. The molecule has 4 rings (SSSR count). The van der Waals surface area contributed by atoms with Crippen LogP contribution in [-0.2, 0) is 11.3 Å². The van der Waals surface area contributed by atoms with Gasteiger partial charge in [-0.25, -0.2) is 0 Å². The molecule has 0 atom stereocenters. The fraction of sp³-hybridized carbons (Fsp3) is 0.350. The normalized spacial score (nSPS) is 16.4. The van der Waals surface area contributed by atoms with Crippen molar-refractivity contribution in [2.75, 3.05) is 39.6 Å². The smallest absolute Gasteiger partial charge is 0.260 e. The van der Waals surface area contributed by atoms with Crippen molar-refractivity contribution in [2.45, 2.75) is 6.54 Å². The second-order valence-corrected chi connectivity index (χ2v) is 7.17. The van der Waals surface area contributed by atoms with Gasteiger partial charge in [0.15, 0.2) is 18.1 Å². The molecule has 2 aliphatic rings. The SMILES string of the molecule is O=C(COc1ccc(Cl)cc1)N1CC[NH+](Cc2ccc3c(c2)OCO3)CC1. The average molecular weight is 390 g/mol. The van der Waals surface area contributed by atoms with Crippen LogP contribution < -0.4 is 19.1 Å². The van der Waals surface area contributed by atoms with Crippen LogP contribution in [0.25, 0.3) is 0 Å². The Morgan fingerprint density at radius 1 is 1.07 bits per heavy atom. The third-order valence-corrected chi connectivity index (χ3v) is 5.14. The molecular weight excluding hydrogens is 368 g/mol. The molecule has 0 bridgehead atoms. The van der Waals surface area contributed by atoms with Gasteiger partial charge < -0.3 is 24.0 Å². The quantitative estimate of drug-likeness (QED) is 0.839. The van der Waals surface area contributed by atoms with Gasteiger partial charge in [-0.15, -0.1) is 0 Å². The molecule has 0 spiro atoms. The minimum atomic E-state index is 0.0204. The lowest BCUT2D eigenvalue weighted by molar-refractivity contribution is -0.917. The number of benzene rings is 2. The summed E-state index contributed by atoms with van der Waals surface area (Å²) in [5.41, 5.74) is 1.22. The largest absolute Gasteiger partial charge is 0.484 e. The number of amides is 1. The Bertz CT molecular complexity index is 804. The number of ether oxygens (including phenoxy) is 3. The summed E-state index contributed by atoms with van der Waals surface area (Å²) in [4.78, 5) is 15.7. The fourth-order valence-corrected chi connectivity index (χ4v) is 3.48. The first-order valence-corrected chi connectivity index (χ1v) is 9.43. The van der Waals surface area contributed by atoms with E-state index in [0.29, 0.717) is 17.6 Å². The maximum Gasteiger partial charge on any atom is 0.260 e. The van der Waals surface area contributed by atoms with E-state index in [9.17, 15) is 4.79 Å². The highest BCUT2D eigenvalue weighted by Gasteiger charge is 2.24. The van der Waals surface area contributed by atoms with E-state index in [1.54, 1.807) is 24.3 Å². The topological polar surface area (TPSA) is 52.4 Å². The number of nitrogens with one attached hydrogen (secondary N) is 1. The first-order valence-electron chi connectivity index (χ1n) is 9.05. The van der Waals surface area contributed by atoms with Crippen molar-refractivity contribution in [1.82, 2.24) is 4.90 Å². The van der Waals surface area contributed by atoms with Gasteiger partial charge in [-0.1, -0.05) is 11.6 Å². The second-order valence-electron chi connectivity index (χ2n) is 6.74. The third-order valence-electron chi connectivity index (χ3n) is 4.89. The second kappa shape index (κ2) is 8.06. The van der Waals surface area contributed by atoms with E-state index in [2.05, 4.69) is 6.07 Å². The zero-order valence-corrected chi connectivity index (χ0v) is 15.7. The van der Waals surface area contributed by atoms with Gasteiger partial charge in [0.2, 0.25) is 6.79 Å². The van der Waals surface area contributed by atoms with Gasteiger partial charge >= 0.3 is 0 Å². The van der Waals surface area contributed by atoms with Crippen molar-refractivity contribution in [3.8, 4) is 17.2 Å². The van der Waals surface area contributed by atoms with Crippen LogP contribution in [0.15, 0.2) is 42.5 Å². The Kier molecular flexibility index (Phi) is 5.36. The van der Waals surface area contributed by atoms with Gasteiger partial charge in [0.05, 0.1) is 26.2 Å².